The summed E-state index contributed by atoms with van der Waals surface area (Å²) in [5.41, 5.74) is 7.27. The van der Waals surface area contributed by atoms with Crippen molar-refractivity contribution in [1.82, 2.24) is 24.6 Å². The van der Waals surface area contributed by atoms with Gasteiger partial charge in [-0.2, -0.15) is 0 Å². The average molecular weight is 689 g/mol. The fraction of sp³-hybridized carbons (Fsp3) is 0.576. The fourth-order valence-electron chi connectivity index (χ4n) is 6.96. The summed E-state index contributed by atoms with van der Waals surface area (Å²) in [4.78, 5) is 15.7. The van der Waals surface area contributed by atoms with Gasteiger partial charge in [0, 0.05) is 43.2 Å². The zero-order valence-corrected chi connectivity index (χ0v) is 28.0. The third kappa shape index (κ3) is 8.16. The number of benzene rings is 1. The summed E-state index contributed by atoms with van der Waals surface area (Å²) in [6.45, 7) is 2.27. The number of alkyl halides is 2. The zero-order valence-electron chi connectivity index (χ0n) is 27.2. The van der Waals surface area contributed by atoms with Crippen LogP contribution in [0.1, 0.15) is 51.5 Å². The highest BCUT2D eigenvalue weighted by atomic mass is 35.5. The second-order valence-electron chi connectivity index (χ2n) is 12.7. The molecule has 3 N–H and O–H groups in total. The highest BCUT2D eigenvalue weighted by Crippen LogP contribution is 2.40. The van der Waals surface area contributed by atoms with Crippen LogP contribution < -0.4 is 20.5 Å². The van der Waals surface area contributed by atoms with Crippen LogP contribution in [0.2, 0.25) is 5.02 Å². The third-order valence-corrected chi connectivity index (χ3v) is 9.50. The lowest BCUT2D eigenvalue weighted by molar-refractivity contribution is -0.0917. The molecule has 3 atom stereocenters. The number of anilines is 2. The first-order chi connectivity index (χ1) is 23.2. The number of aromatic nitrogens is 4. The van der Waals surface area contributed by atoms with Crippen molar-refractivity contribution in [2.24, 2.45) is 10.7 Å². The largest absolute Gasteiger partial charge is 0.487 e. The van der Waals surface area contributed by atoms with Crippen molar-refractivity contribution in [3.63, 3.8) is 0 Å². The summed E-state index contributed by atoms with van der Waals surface area (Å²) in [7, 11) is 1.23. The number of hydrogen-bond acceptors (Lipinski definition) is 10. The van der Waals surface area contributed by atoms with Gasteiger partial charge in [0.2, 0.25) is 5.95 Å². The molecule has 48 heavy (non-hydrogen) atoms. The van der Waals surface area contributed by atoms with Crippen molar-refractivity contribution in [2.45, 2.75) is 81.6 Å². The topological polar surface area (TPSA) is 134 Å². The van der Waals surface area contributed by atoms with Crippen molar-refractivity contribution in [1.29, 1.82) is 0 Å². The first-order valence-corrected chi connectivity index (χ1v) is 16.8. The Labute approximate surface area is 284 Å². The zero-order chi connectivity index (χ0) is 33.7. The first-order valence-electron chi connectivity index (χ1n) is 16.4. The monoisotopic (exact) mass is 688 g/mol. The van der Waals surface area contributed by atoms with Crippen LogP contribution in [0, 0.1) is 0 Å². The highest BCUT2D eigenvalue weighted by molar-refractivity contribution is 6.32. The Kier molecular flexibility index (Phi) is 10.9. The molecule has 3 fully saturated rings. The summed E-state index contributed by atoms with van der Waals surface area (Å²) in [6, 6.07) is 7.09. The van der Waals surface area contributed by atoms with Gasteiger partial charge in [0.1, 0.15) is 24.1 Å². The molecular weight excluding hydrogens is 646 g/mol. The minimum Gasteiger partial charge on any atom is -0.487 e. The number of ether oxygens (including phenoxy) is 4. The van der Waals surface area contributed by atoms with Gasteiger partial charge in [0.15, 0.2) is 6.61 Å². The van der Waals surface area contributed by atoms with E-state index >= 15 is 0 Å². The molecule has 0 amide bonds. The van der Waals surface area contributed by atoms with Gasteiger partial charge in [-0.1, -0.05) is 17.7 Å². The molecule has 0 radical (unpaired) electrons. The average Bonchev–Trinajstić information content (AvgIpc) is 3.60. The van der Waals surface area contributed by atoms with E-state index in [4.69, 9.17) is 31.5 Å². The van der Waals surface area contributed by atoms with Crippen molar-refractivity contribution in [3.05, 3.63) is 41.8 Å². The molecule has 260 valence electrons. The van der Waals surface area contributed by atoms with Crippen molar-refractivity contribution in [2.75, 3.05) is 45.4 Å². The van der Waals surface area contributed by atoms with Crippen LogP contribution in [-0.4, -0.2) is 101 Å². The van der Waals surface area contributed by atoms with Crippen LogP contribution in [-0.2, 0) is 9.47 Å². The molecule has 0 unspecified atom stereocenters. The molecule has 3 aliphatic rings. The molecule has 1 saturated carbocycles. The van der Waals surface area contributed by atoms with Gasteiger partial charge < -0.3 is 30.0 Å². The van der Waals surface area contributed by atoms with E-state index in [1.54, 1.807) is 24.7 Å². The molecule has 1 aromatic carbocycles. The molecule has 0 spiro atoms. The number of morpholine rings is 1. The molecule has 1 aliphatic carbocycles. The molecular formula is C33H43ClF2N8O4. The molecule has 2 aliphatic heterocycles. The summed E-state index contributed by atoms with van der Waals surface area (Å²) in [5, 5.41) is 8.21. The Morgan fingerprint density at radius 3 is 2.44 bits per heavy atom. The lowest BCUT2D eigenvalue weighted by Gasteiger charge is -2.43. The molecule has 2 saturated heterocycles. The Balaban J connectivity index is 1.15. The van der Waals surface area contributed by atoms with Crippen molar-refractivity contribution < 1.29 is 27.7 Å². The predicted octanol–water partition coefficient (Wildman–Crippen LogP) is 5.50. The highest BCUT2D eigenvalue weighted by Gasteiger charge is 2.42. The van der Waals surface area contributed by atoms with E-state index in [2.05, 4.69) is 35.0 Å². The molecule has 6 rings (SSSR count). The third-order valence-electron chi connectivity index (χ3n) is 9.19. The van der Waals surface area contributed by atoms with Gasteiger partial charge in [0.05, 0.1) is 43.4 Å². The molecule has 12 nitrogen and oxygen atoms in total. The Morgan fingerprint density at radius 1 is 1.06 bits per heavy atom. The number of methoxy groups -OCH3 is 1. The fourth-order valence-corrected chi connectivity index (χ4v) is 7.12. The number of nitrogens with one attached hydrogen (secondary N) is 1. The molecule has 15 heteroatoms. The second kappa shape index (κ2) is 15.3. The minimum atomic E-state index is -3.18. The summed E-state index contributed by atoms with van der Waals surface area (Å²) >= 11 is 6.37. The molecule has 2 aromatic heterocycles. The molecule has 3 aromatic rings. The first kappa shape index (κ1) is 34.3. The van der Waals surface area contributed by atoms with Crippen LogP contribution >= 0.6 is 11.6 Å². The van der Waals surface area contributed by atoms with E-state index in [-0.39, 0.29) is 24.0 Å². The summed E-state index contributed by atoms with van der Waals surface area (Å²) in [5.74, 6) is -2.36. The summed E-state index contributed by atoms with van der Waals surface area (Å²) < 4.78 is 52.5. The minimum absolute atomic E-state index is 0.0550. The van der Waals surface area contributed by atoms with Gasteiger partial charge in [0.25, 0.3) is 5.88 Å². The van der Waals surface area contributed by atoms with E-state index in [0.717, 1.165) is 50.0 Å². The maximum absolute atomic E-state index is 14.3. The van der Waals surface area contributed by atoms with E-state index < -0.39 is 19.1 Å². The van der Waals surface area contributed by atoms with Crippen LogP contribution in [0.4, 0.5) is 20.4 Å². The lowest BCUT2D eigenvalue weighted by atomic mass is 9.89. The summed E-state index contributed by atoms with van der Waals surface area (Å²) in [6.07, 6.45) is 12.5. The van der Waals surface area contributed by atoms with E-state index in [1.807, 2.05) is 23.7 Å². The second-order valence-corrected chi connectivity index (χ2v) is 13.2. The molecule has 2 bridgehead atoms. The van der Waals surface area contributed by atoms with Crippen molar-refractivity contribution >= 4 is 29.6 Å². The Bertz CT molecular complexity index is 1520. The lowest BCUT2D eigenvalue weighted by Crippen LogP contribution is -2.52. The van der Waals surface area contributed by atoms with E-state index in [1.165, 1.54) is 26.3 Å². The van der Waals surface area contributed by atoms with Gasteiger partial charge in [-0.15, -0.1) is 5.10 Å². The van der Waals surface area contributed by atoms with Gasteiger partial charge in [-0.3, -0.25) is 14.6 Å². The number of nitrogens with zero attached hydrogens (tertiary/aromatic N) is 6. The maximum Gasteiger partial charge on any atom is 0.304 e. The van der Waals surface area contributed by atoms with Crippen LogP contribution in [0.15, 0.2) is 41.8 Å². The van der Waals surface area contributed by atoms with Crippen LogP contribution in [0.5, 0.6) is 11.6 Å². The quantitative estimate of drug-likeness (QED) is 0.165. The van der Waals surface area contributed by atoms with Crippen molar-refractivity contribution in [3.8, 4) is 22.8 Å². The smallest absolute Gasteiger partial charge is 0.304 e. The number of nitrogens with two attached hydrogens (primary N) is 1. The SMILES string of the molecule is COCC(F)(F)COc1nn(C2CCC(N3[C@@H]4CC[C@H]3COC4)CC2)cc1Nc1ncc(-c2ccc(Cl)c(O[C@@H](C)CN=CN)c2)cn1. The Hall–Kier alpha value is -3.59. The normalized spacial score (nSPS) is 23.8. The van der Waals surface area contributed by atoms with Gasteiger partial charge >= 0.3 is 5.92 Å². The van der Waals surface area contributed by atoms with Crippen LogP contribution in [0.25, 0.3) is 11.1 Å². The number of rotatable bonds is 14. The molecule has 4 heterocycles. The van der Waals surface area contributed by atoms with Gasteiger partial charge in [-0.25, -0.2) is 18.7 Å². The number of fused-ring (bicyclic) bond motifs is 2. The predicted molar refractivity (Wildman–Crippen MR) is 179 cm³/mol. The Morgan fingerprint density at radius 2 is 1.75 bits per heavy atom. The van der Waals surface area contributed by atoms with E-state index in [9.17, 15) is 8.78 Å². The number of hydrogen-bond donors (Lipinski definition) is 2. The number of aliphatic imine (C=N–C) groups is 1. The van der Waals surface area contributed by atoms with E-state index in [0.29, 0.717) is 41.1 Å². The number of halogens is 3. The van der Waals surface area contributed by atoms with Gasteiger partial charge in [-0.05, 0) is 63.1 Å². The van der Waals surface area contributed by atoms with Crippen LogP contribution in [0.3, 0.4) is 0 Å². The standard InChI is InChI=1S/C33H43ClF2N8O4/c1-21(12-38-20-37)48-30-11-22(3-10-28(30)34)23-13-39-32(40-14-23)41-29-15-43(42-31(29)47-19-33(35,36)18-45-2)24-4-6-25(7-5-24)44-26-8-9-27(44)17-46-16-26/h3,10-11,13-15,20-21,24-27H,4-9,12,16-19H2,1-2H3,(H2,37,38)(H,39,40,41)/t21-,24?,25?,26-,27+/m0/s1. The maximum atomic E-state index is 14.3.